The first kappa shape index (κ1) is 19.0. The number of nitriles is 1. The molecule has 2 aliphatic rings. The van der Waals surface area contributed by atoms with Gasteiger partial charge in [0.05, 0.1) is 0 Å². The first-order chi connectivity index (χ1) is 14.6. The molecule has 30 heavy (non-hydrogen) atoms. The fourth-order valence-electron chi connectivity index (χ4n) is 4.58. The lowest BCUT2D eigenvalue weighted by Gasteiger charge is -2.19. The van der Waals surface area contributed by atoms with E-state index in [-0.39, 0.29) is 11.9 Å². The van der Waals surface area contributed by atoms with Crippen LogP contribution in [0.3, 0.4) is 0 Å². The van der Waals surface area contributed by atoms with Gasteiger partial charge in [0.2, 0.25) is 0 Å². The molecule has 1 aromatic carbocycles. The van der Waals surface area contributed by atoms with Crippen molar-refractivity contribution < 1.29 is 9.53 Å². The van der Waals surface area contributed by atoms with E-state index in [1.165, 1.54) is 11.3 Å². The minimum atomic E-state index is 0.0907. The molecule has 2 fully saturated rings. The van der Waals surface area contributed by atoms with Crippen LogP contribution in [0.15, 0.2) is 42.5 Å². The molecule has 0 spiro atoms. The van der Waals surface area contributed by atoms with Crippen LogP contribution in [0.2, 0.25) is 0 Å². The number of fused-ring (bicyclic) bond motifs is 2. The van der Waals surface area contributed by atoms with E-state index in [9.17, 15) is 4.79 Å². The average Bonchev–Trinajstić information content (AvgIpc) is 3.47. The maximum atomic E-state index is 12.9. The number of carbonyl (C=O) groups excluding carboxylic acids is 1. The van der Waals surface area contributed by atoms with Gasteiger partial charge in [-0.3, -0.25) is 4.79 Å². The summed E-state index contributed by atoms with van der Waals surface area (Å²) < 4.78 is 5.90. The van der Waals surface area contributed by atoms with Crippen molar-refractivity contribution in [1.29, 1.82) is 5.26 Å². The number of carbonyl (C=O) groups is 1. The van der Waals surface area contributed by atoms with Crippen molar-refractivity contribution in [1.82, 2.24) is 9.88 Å². The van der Waals surface area contributed by atoms with Gasteiger partial charge in [-0.05, 0) is 54.5 Å². The second-order valence-electron chi connectivity index (χ2n) is 8.13. The van der Waals surface area contributed by atoms with Crippen LogP contribution in [0.5, 0.6) is 5.06 Å². The van der Waals surface area contributed by atoms with Gasteiger partial charge in [-0.1, -0.05) is 23.5 Å². The number of nitrogens with two attached hydrogens (primary N) is 1. The van der Waals surface area contributed by atoms with Crippen LogP contribution < -0.4 is 10.5 Å². The molecule has 1 amide bonds. The predicted octanol–water partition coefficient (Wildman–Crippen LogP) is 3.56. The molecule has 3 heterocycles. The number of benzene rings is 1. The number of ether oxygens (including phenoxy) is 1. The zero-order chi connectivity index (χ0) is 20.7. The van der Waals surface area contributed by atoms with Gasteiger partial charge in [0.25, 0.3) is 5.91 Å². The Balaban J connectivity index is 1.21. The molecular weight excluding hydrogens is 396 g/mol. The minimum absolute atomic E-state index is 0.0907. The van der Waals surface area contributed by atoms with Crippen LogP contribution in [-0.2, 0) is 6.61 Å². The Morgan fingerprint density at radius 1 is 1.23 bits per heavy atom. The zero-order valence-corrected chi connectivity index (χ0v) is 17.3. The molecule has 3 aromatic rings. The number of hydrogen-bond acceptors (Lipinski definition) is 6. The van der Waals surface area contributed by atoms with Crippen molar-refractivity contribution in [2.45, 2.75) is 25.5 Å². The van der Waals surface area contributed by atoms with Crippen LogP contribution in [0.1, 0.15) is 34.5 Å². The monoisotopic (exact) mass is 418 g/mol. The molecule has 1 saturated carbocycles. The van der Waals surface area contributed by atoms with Crippen LogP contribution in [0.25, 0.3) is 10.2 Å². The highest BCUT2D eigenvalue weighted by Gasteiger charge is 2.42. The second kappa shape index (κ2) is 7.71. The Hall–Kier alpha value is -2.95. The second-order valence-corrected chi connectivity index (χ2v) is 9.12. The van der Waals surface area contributed by atoms with E-state index in [4.69, 9.17) is 15.7 Å². The van der Waals surface area contributed by atoms with Crippen molar-refractivity contribution in [3.63, 3.8) is 0 Å². The molecule has 0 radical (unpaired) electrons. The lowest BCUT2D eigenvalue weighted by Crippen LogP contribution is -2.33. The summed E-state index contributed by atoms with van der Waals surface area (Å²) in [4.78, 5) is 19.9. The molecule has 1 saturated heterocycles. The zero-order valence-electron chi connectivity index (χ0n) is 16.5. The number of likely N-dealkylation sites (tertiary alicyclic amines) is 1. The Bertz CT molecular complexity index is 1130. The van der Waals surface area contributed by atoms with Gasteiger partial charge in [0.15, 0.2) is 5.06 Å². The fraction of sp³-hybridized carbons (Fsp3) is 0.348. The van der Waals surface area contributed by atoms with Gasteiger partial charge in [-0.15, -0.1) is 0 Å². The number of pyridine rings is 1. The van der Waals surface area contributed by atoms with Gasteiger partial charge in [-0.2, -0.15) is 5.26 Å². The number of amides is 1. The van der Waals surface area contributed by atoms with E-state index in [1.807, 2.05) is 41.3 Å². The van der Waals surface area contributed by atoms with E-state index in [0.717, 1.165) is 46.8 Å². The molecule has 7 heteroatoms. The smallest absolute Gasteiger partial charge is 0.253 e. The molecule has 2 aromatic heterocycles. The average molecular weight is 419 g/mol. The Labute approximate surface area is 178 Å². The topological polar surface area (TPSA) is 92.2 Å². The molecular formula is C23H22N4O2S. The van der Waals surface area contributed by atoms with Crippen molar-refractivity contribution in [3.05, 3.63) is 59.3 Å². The van der Waals surface area contributed by atoms with Crippen molar-refractivity contribution in [2.24, 2.45) is 17.6 Å². The Kier molecular flexibility index (Phi) is 4.89. The summed E-state index contributed by atoms with van der Waals surface area (Å²) in [6, 6.07) is 15.4. The van der Waals surface area contributed by atoms with Gasteiger partial charge >= 0.3 is 0 Å². The predicted molar refractivity (Wildman–Crippen MR) is 115 cm³/mol. The summed E-state index contributed by atoms with van der Waals surface area (Å²) in [5.74, 6) is 1.12. The number of thiophene rings is 1. The molecule has 0 bridgehead atoms. The van der Waals surface area contributed by atoms with Gasteiger partial charge in [0, 0.05) is 36.1 Å². The lowest BCUT2D eigenvalue weighted by atomic mass is 9.98. The largest absolute Gasteiger partial charge is 0.479 e. The quantitative estimate of drug-likeness (QED) is 0.699. The summed E-state index contributed by atoms with van der Waals surface area (Å²) in [7, 11) is 0. The summed E-state index contributed by atoms with van der Waals surface area (Å²) >= 11 is 1.42. The molecule has 1 aliphatic heterocycles. The molecule has 2 N–H and O–H groups in total. The maximum Gasteiger partial charge on any atom is 0.253 e. The number of rotatable bonds is 4. The first-order valence-electron chi connectivity index (χ1n) is 10.2. The third kappa shape index (κ3) is 3.53. The number of nitrogens with zero attached hydrogens (tertiary/aromatic N) is 3. The molecule has 3 atom stereocenters. The highest BCUT2D eigenvalue weighted by atomic mass is 32.1. The summed E-state index contributed by atoms with van der Waals surface area (Å²) in [6.07, 6.45) is 2.22. The standard InChI is InChI=1S/C23H22N4O2S/c24-10-18-7-5-16-9-21(30-22(16)26-18)29-13-14-1-3-15(4-2-14)23(28)27-11-17-6-8-20(25)19(17)12-27/h1-5,7,9,17,19-20H,6,8,11-13,25H2. The van der Waals surface area contributed by atoms with E-state index >= 15 is 0 Å². The highest BCUT2D eigenvalue weighted by Crippen LogP contribution is 2.37. The maximum absolute atomic E-state index is 12.9. The van der Waals surface area contributed by atoms with E-state index < -0.39 is 0 Å². The van der Waals surface area contributed by atoms with E-state index in [0.29, 0.717) is 29.7 Å². The van der Waals surface area contributed by atoms with Crippen molar-refractivity contribution >= 4 is 27.5 Å². The third-order valence-corrected chi connectivity index (χ3v) is 7.21. The third-order valence-electron chi connectivity index (χ3n) is 6.26. The SMILES string of the molecule is N#Cc1ccc2cc(OCc3ccc(C(=O)N4CC5CCC(N)C5C4)cc3)sc2n1. The molecule has 3 unspecified atom stereocenters. The highest BCUT2D eigenvalue weighted by molar-refractivity contribution is 7.20. The van der Waals surface area contributed by atoms with Crippen molar-refractivity contribution in [3.8, 4) is 11.1 Å². The molecule has 6 nitrogen and oxygen atoms in total. The summed E-state index contributed by atoms with van der Waals surface area (Å²) in [5, 5.41) is 10.7. The van der Waals surface area contributed by atoms with Crippen LogP contribution >= 0.6 is 11.3 Å². The first-order valence-corrected chi connectivity index (χ1v) is 11.0. The minimum Gasteiger partial charge on any atom is -0.479 e. The summed E-state index contributed by atoms with van der Waals surface area (Å²) in [6.45, 7) is 2.02. The van der Waals surface area contributed by atoms with E-state index in [1.54, 1.807) is 6.07 Å². The van der Waals surface area contributed by atoms with Gasteiger partial charge < -0.3 is 15.4 Å². The van der Waals surface area contributed by atoms with Crippen LogP contribution in [0, 0.1) is 23.2 Å². The molecule has 152 valence electrons. The molecule has 5 rings (SSSR count). The van der Waals surface area contributed by atoms with Crippen molar-refractivity contribution in [2.75, 3.05) is 13.1 Å². The Morgan fingerprint density at radius 3 is 2.83 bits per heavy atom. The number of aromatic nitrogens is 1. The molecule has 1 aliphatic carbocycles. The fourth-order valence-corrected chi connectivity index (χ4v) is 5.46. The van der Waals surface area contributed by atoms with E-state index in [2.05, 4.69) is 11.1 Å². The van der Waals surface area contributed by atoms with Crippen LogP contribution in [0.4, 0.5) is 0 Å². The van der Waals surface area contributed by atoms with Crippen LogP contribution in [-0.4, -0.2) is 34.9 Å². The Morgan fingerprint density at radius 2 is 2.07 bits per heavy atom. The normalized spacial score (nSPS) is 22.8. The lowest BCUT2D eigenvalue weighted by molar-refractivity contribution is 0.0779. The number of hydrogen-bond donors (Lipinski definition) is 1. The van der Waals surface area contributed by atoms with Gasteiger partial charge in [-0.25, -0.2) is 4.98 Å². The summed E-state index contributed by atoms with van der Waals surface area (Å²) in [5.41, 5.74) is 8.30. The van der Waals surface area contributed by atoms with Gasteiger partial charge in [0.1, 0.15) is 23.2 Å².